The zero-order chi connectivity index (χ0) is 19.6. The van der Waals surface area contributed by atoms with Crippen molar-refractivity contribution in [1.29, 1.82) is 0 Å². The third-order valence-corrected chi connectivity index (χ3v) is 4.90. The molecule has 0 aliphatic carbocycles. The number of amides is 2. The van der Waals surface area contributed by atoms with Gasteiger partial charge in [-0.2, -0.15) is 0 Å². The fourth-order valence-electron chi connectivity index (χ4n) is 3.49. The average Bonchev–Trinajstić information content (AvgIpc) is 3.17. The number of hydrogen-bond acceptors (Lipinski definition) is 4. The van der Waals surface area contributed by atoms with E-state index < -0.39 is 0 Å². The quantitative estimate of drug-likeness (QED) is 0.769. The highest BCUT2D eigenvalue weighted by atomic mass is 16.2. The van der Waals surface area contributed by atoms with Gasteiger partial charge in [-0.15, -0.1) is 0 Å². The first-order valence-corrected chi connectivity index (χ1v) is 9.51. The molecule has 1 unspecified atom stereocenters. The molecule has 2 aromatic heterocycles. The molecule has 3 heterocycles. The van der Waals surface area contributed by atoms with Crippen LogP contribution in [0.1, 0.15) is 57.0 Å². The Morgan fingerprint density at radius 3 is 2.78 bits per heavy atom. The number of rotatable bonds is 7. The van der Waals surface area contributed by atoms with E-state index >= 15 is 0 Å². The number of aromatic amines is 1. The predicted molar refractivity (Wildman–Crippen MR) is 101 cm³/mol. The summed E-state index contributed by atoms with van der Waals surface area (Å²) in [5.74, 6) is 0.173. The Morgan fingerprint density at radius 1 is 1.33 bits per heavy atom. The number of nitrogens with one attached hydrogen (secondary N) is 2. The Bertz CT molecular complexity index is 898. The number of likely N-dealkylation sites (tertiary alicyclic amines) is 1. The molecule has 27 heavy (non-hydrogen) atoms. The molecular formula is C19H27N5O3. The van der Waals surface area contributed by atoms with Gasteiger partial charge in [0.05, 0.1) is 11.7 Å². The minimum atomic E-state index is -0.334. The Kier molecular flexibility index (Phi) is 5.62. The molecule has 2 amide bonds. The average molecular weight is 373 g/mol. The van der Waals surface area contributed by atoms with E-state index in [-0.39, 0.29) is 29.3 Å². The monoisotopic (exact) mass is 373 g/mol. The second-order valence-corrected chi connectivity index (χ2v) is 7.53. The van der Waals surface area contributed by atoms with Crippen LogP contribution in [0.2, 0.25) is 0 Å². The smallest absolute Gasteiger partial charge is 0.272 e. The summed E-state index contributed by atoms with van der Waals surface area (Å²) in [7, 11) is 0. The van der Waals surface area contributed by atoms with Crippen LogP contribution in [0.3, 0.4) is 0 Å². The van der Waals surface area contributed by atoms with Crippen LogP contribution in [0.4, 0.5) is 0 Å². The maximum atomic E-state index is 12.4. The molecule has 0 aromatic carbocycles. The van der Waals surface area contributed by atoms with Gasteiger partial charge in [0, 0.05) is 43.8 Å². The standard InChI is InChI=1S/C19H27N5O3/c1-12(2)19(14-11-18(27)24-15(20-14)10-13(3)22-24)21-16(25)6-4-8-23-9-5-7-17(23)26/h10-12,19,22H,4-9H2,1-3H3,(H,21,25). The summed E-state index contributed by atoms with van der Waals surface area (Å²) in [4.78, 5) is 42.7. The number of aromatic nitrogens is 3. The summed E-state index contributed by atoms with van der Waals surface area (Å²) in [6.07, 6.45) is 2.50. The largest absolute Gasteiger partial charge is 0.347 e. The van der Waals surface area contributed by atoms with Gasteiger partial charge in [-0.25, -0.2) is 9.50 Å². The van der Waals surface area contributed by atoms with Crippen LogP contribution in [-0.2, 0) is 9.59 Å². The van der Waals surface area contributed by atoms with Crippen LogP contribution in [0, 0.1) is 12.8 Å². The summed E-state index contributed by atoms with van der Waals surface area (Å²) >= 11 is 0. The van der Waals surface area contributed by atoms with Gasteiger partial charge < -0.3 is 10.2 Å². The van der Waals surface area contributed by atoms with E-state index in [0.717, 1.165) is 18.7 Å². The van der Waals surface area contributed by atoms with Gasteiger partial charge in [-0.05, 0) is 25.7 Å². The van der Waals surface area contributed by atoms with Crippen molar-refractivity contribution >= 4 is 17.5 Å². The summed E-state index contributed by atoms with van der Waals surface area (Å²) in [6, 6.07) is 2.94. The van der Waals surface area contributed by atoms with Crippen LogP contribution >= 0.6 is 0 Å². The van der Waals surface area contributed by atoms with Crippen LogP contribution < -0.4 is 10.9 Å². The van der Waals surface area contributed by atoms with Gasteiger partial charge in [0.1, 0.15) is 0 Å². The van der Waals surface area contributed by atoms with Crippen LogP contribution in [-0.4, -0.2) is 44.4 Å². The van der Waals surface area contributed by atoms with Crippen molar-refractivity contribution in [1.82, 2.24) is 24.8 Å². The molecule has 1 fully saturated rings. The van der Waals surface area contributed by atoms with Crippen molar-refractivity contribution in [2.75, 3.05) is 13.1 Å². The third kappa shape index (κ3) is 4.37. The first-order chi connectivity index (χ1) is 12.8. The highest BCUT2D eigenvalue weighted by Gasteiger charge is 2.23. The van der Waals surface area contributed by atoms with Crippen molar-refractivity contribution < 1.29 is 9.59 Å². The fourth-order valence-corrected chi connectivity index (χ4v) is 3.49. The maximum absolute atomic E-state index is 12.4. The van der Waals surface area contributed by atoms with Gasteiger partial charge >= 0.3 is 0 Å². The van der Waals surface area contributed by atoms with E-state index in [1.54, 1.807) is 6.07 Å². The van der Waals surface area contributed by atoms with Crippen LogP contribution in [0.15, 0.2) is 16.9 Å². The second-order valence-electron chi connectivity index (χ2n) is 7.53. The van der Waals surface area contributed by atoms with Gasteiger partial charge in [-0.1, -0.05) is 13.8 Å². The van der Waals surface area contributed by atoms with E-state index in [0.29, 0.717) is 37.1 Å². The summed E-state index contributed by atoms with van der Waals surface area (Å²) < 4.78 is 1.39. The molecule has 1 aliphatic rings. The van der Waals surface area contributed by atoms with E-state index in [4.69, 9.17) is 0 Å². The first kappa shape index (κ1) is 19.1. The molecule has 0 spiro atoms. The van der Waals surface area contributed by atoms with Crippen molar-refractivity contribution in [3.8, 4) is 0 Å². The number of nitrogens with zero attached hydrogens (tertiary/aromatic N) is 3. The molecule has 1 aliphatic heterocycles. The number of hydrogen-bond donors (Lipinski definition) is 2. The lowest BCUT2D eigenvalue weighted by Crippen LogP contribution is -2.34. The molecule has 8 heteroatoms. The van der Waals surface area contributed by atoms with Gasteiger partial charge in [-0.3, -0.25) is 19.5 Å². The van der Waals surface area contributed by atoms with Gasteiger partial charge in [0.2, 0.25) is 11.8 Å². The van der Waals surface area contributed by atoms with Crippen LogP contribution in [0.5, 0.6) is 0 Å². The molecule has 1 atom stereocenters. The van der Waals surface area contributed by atoms with Crippen molar-refractivity contribution in [3.63, 3.8) is 0 Å². The zero-order valence-corrected chi connectivity index (χ0v) is 16.1. The molecule has 0 bridgehead atoms. The molecule has 3 rings (SSSR count). The number of carbonyl (C=O) groups excluding carboxylic acids is 2. The van der Waals surface area contributed by atoms with Crippen LogP contribution in [0.25, 0.3) is 5.65 Å². The summed E-state index contributed by atoms with van der Waals surface area (Å²) in [5.41, 5.74) is 1.76. The number of H-pyrrole nitrogens is 1. The molecule has 1 saturated heterocycles. The molecule has 0 radical (unpaired) electrons. The van der Waals surface area contributed by atoms with E-state index in [2.05, 4.69) is 15.4 Å². The third-order valence-electron chi connectivity index (χ3n) is 4.90. The van der Waals surface area contributed by atoms with E-state index in [1.807, 2.05) is 25.7 Å². The van der Waals surface area contributed by atoms with Gasteiger partial charge in [0.15, 0.2) is 5.65 Å². The lowest BCUT2D eigenvalue weighted by molar-refractivity contribution is -0.128. The number of fused-ring (bicyclic) bond motifs is 1. The topological polar surface area (TPSA) is 99.6 Å². The second kappa shape index (κ2) is 7.94. The molecule has 2 aromatic rings. The SMILES string of the molecule is Cc1cc2nc(C(NC(=O)CCCN3CCCC3=O)C(C)C)cc(=O)n2[nH]1. The van der Waals surface area contributed by atoms with Gasteiger partial charge in [0.25, 0.3) is 5.56 Å². The van der Waals surface area contributed by atoms with E-state index in [1.165, 1.54) is 10.6 Å². The van der Waals surface area contributed by atoms with Crippen molar-refractivity contribution in [2.24, 2.45) is 5.92 Å². The Morgan fingerprint density at radius 2 is 2.11 bits per heavy atom. The minimum absolute atomic E-state index is 0.0866. The Hall–Kier alpha value is -2.64. The molecule has 8 nitrogen and oxygen atoms in total. The molecule has 0 saturated carbocycles. The number of aryl methyl sites for hydroxylation is 1. The highest BCUT2D eigenvalue weighted by Crippen LogP contribution is 2.20. The summed E-state index contributed by atoms with van der Waals surface area (Å²) in [6.45, 7) is 7.24. The lowest BCUT2D eigenvalue weighted by Gasteiger charge is -2.22. The Labute approximate surface area is 157 Å². The molecule has 146 valence electrons. The van der Waals surface area contributed by atoms with E-state index in [9.17, 15) is 14.4 Å². The molecular weight excluding hydrogens is 346 g/mol. The molecule has 2 N–H and O–H groups in total. The normalized spacial score (nSPS) is 15.7. The Balaban J connectivity index is 1.66. The summed E-state index contributed by atoms with van der Waals surface area (Å²) in [5, 5.41) is 5.95. The zero-order valence-electron chi connectivity index (χ0n) is 16.1. The lowest BCUT2D eigenvalue weighted by atomic mass is 10.00. The fraction of sp³-hybridized carbons (Fsp3) is 0.579. The maximum Gasteiger partial charge on any atom is 0.272 e. The predicted octanol–water partition coefficient (Wildman–Crippen LogP) is 1.55. The highest BCUT2D eigenvalue weighted by molar-refractivity contribution is 5.78. The van der Waals surface area contributed by atoms with Crippen molar-refractivity contribution in [3.05, 3.63) is 33.9 Å². The first-order valence-electron chi connectivity index (χ1n) is 9.51. The number of carbonyl (C=O) groups is 2. The minimum Gasteiger partial charge on any atom is -0.347 e. The van der Waals surface area contributed by atoms with Crippen molar-refractivity contribution in [2.45, 2.75) is 52.5 Å².